The van der Waals surface area contributed by atoms with E-state index in [0.29, 0.717) is 25.5 Å². The molecule has 0 radical (unpaired) electrons. The van der Waals surface area contributed by atoms with E-state index in [4.69, 9.17) is 9.57 Å². The van der Waals surface area contributed by atoms with Crippen LogP contribution in [0.1, 0.15) is 36.9 Å². The van der Waals surface area contributed by atoms with E-state index in [1.807, 2.05) is 0 Å². The maximum atomic E-state index is 13.4. The van der Waals surface area contributed by atoms with Crippen LogP contribution in [0.2, 0.25) is 0 Å². The normalized spacial score (nSPS) is 29.5. The highest BCUT2D eigenvalue weighted by atomic mass is 19.4. The molecule has 2 bridgehead atoms. The molecule has 8 heteroatoms. The molecule has 4 atom stereocenters. The van der Waals surface area contributed by atoms with Gasteiger partial charge in [0.2, 0.25) is 0 Å². The average Bonchev–Trinajstić information content (AvgIpc) is 2.77. The first-order valence-corrected chi connectivity index (χ1v) is 7.79. The van der Waals surface area contributed by atoms with Gasteiger partial charge in [-0.1, -0.05) is 6.07 Å². The second-order valence-corrected chi connectivity index (χ2v) is 5.88. The smallest absolute Gasteiger partial charge is 0.416 e. The number of rotatable bonds is 3. The van der Waals surface area contributed by atoms with Crippen molar-refractivity contribution in [1.29, 1.82) is 0 Å². The molecular weight excluding hydrogens is 330 g/mol. The molecule has 1 unspecified atom stereocenters. The minimum atomic E-state index is -4.73. The number of carbonyl (C=O) groups is 1. The Kier molecular flexibility index (Phi) is 4.52. The molecule has 0 aromatic heterocycles. The molecule has 2 saturated heterocycles. The molecule has 3 rings (SSSR count). The van der Waals surface area contributed by atoms with Crippen molar-refractivity contribution in [2.75, 3.05) is 13.2 Å². The molecule has 2 aliphatic heterocycles. The van der Waals surface area contributed by atoms with Crippen molar-refractivity contribution in [3.8, 4) is 0 Å². The highest BCUT2D eigenvalue weighted by molar-refractivity contribution is 5.75. The first-order valence-electron chi connectivity index (χ1n) is 7.79. The average molecular weight is 347 g/mol. The number of ether oxygens (including phenoxy) is 1. The number of alkyl halides is 3. The fraction of sp³-hybridized carbons (Fsp3) is 0.562. The first kappa shape index (κ1) is 17.2. The Hall–Kier alpha value is -1.67. The van der Waals surface area contributed by atoms with Crippen LogP contribution in [0, 0.1) is 11.7 Å². The lowest BCUT2D eigenvalue weighted by atomic mass is 9.86. The highest BCUT2D eigenvalue weighted by Gasteiger charge is 2.52. The van der Waals surface area contributed by atoms with Crippen molar-refractivity contribution < 1.29 is 31.9 Å². The van der Waals surface area contributed by atoms with Crippen LogP contribution in [0.25, 0.3) is 0 Å². The second kappa shape index (κ2) is 6.33. The molecule has 132 valence electrons. The molecule has 24 heavy (non-hydrogen) atoms. The van der Waals surface area contributed by atoms with Crippen LogP contribution in [0.3, 0.4) is 0 Å². The Morgan fingerprint density at radius 1 is 1.42 bits per heavy atom. The Labute approximate surface area is 136 Å². The summed E-state index contributed by atoms with van der Waals surface area (Å²) in [6.45, 7) is 2.17. The molecule has 2 heterocycles. The molecule has 0 amide bonds. The summed E-state index contributed by atoms with van der Waals surface area (Å²) in [4.78, 5) is 17.9. The van der Waals surface area contributed by atoms with Gasteiger partial charge in [0.15, 0.2) is 0 Å². The number of hydrogen-bond acceptors (Lipinski definition) is 4. The number of hydrogen-bond donors (Lipinski definition) is 0. The third-order valence-corrected chi connectivity index (χ3v) is 4.39. The number of esters is 1. The molecular formula is C16H17F4NO3. The van der Waals surface area contributed by atoms with Gasteiger partial charge in [0.05, 0.1) is 24.3 Å². The van der Waals surface area contributed by atoms with Crippen LogP contribution >= 0.6 is 0 Å². The molecule has 1 aromatic rings. The Bertz CT molecular complexity index is 634. The summed E-state index contributed by atoms with van der Waals surface area (Å²) in [5.74, 6) is -2.43. The lowest BCUT2D eigenvalue weighted by molar-refractivity contribution is -0.188. The third-order valence-electron chi connectivity index (χ3n) is 4.39. The number of benzene rings is 1. The lowest BCUT2D eigenvalue weighted by Gasteiger charge is -2.27. The predicted molar refractivity (Wildman–Crippen MR) is 75.1 cm³/mol. The fourth-order valence-corrected chi connectivity index (χ4v) is 3.46. The molecule has 0 spiro atoms. The van der Waals surface area contributed by atoms with Crippen molar-refractivity contribution >= 4 is 5.97 Å². The molecule has 0 N–H and O–H groups in total. The van der Waals surface area contributed by atoms with Gasteiger partial charge in [-0.2, -0.15) is 18.2 Å². The zero-order chi connectivity index (χ0) is 17.5. The van der Waals surface area contributed by atoms with Crippen LogP contribution in [-0.2, 0) is 20.5 Å². The van der Waals surface area contributed by atoms with E-state index >= 15 is 0 Å². The first-order chi connectivity index (χ1) is 11.3. The van der Waals surface area contributed by atoms with Gasteiger partial charge in [-0.15, -0.1) is 0 Å². The summed E-state index contributed by atoms with van der Waals surface area (Å²) in [5, 5.41) is 1.40. The number of halogens is 4. The minimum absolute atomic E-state index is 0.129. The van der Waals surface area contributed by atoms with Gasteiger partial charge in [0.25, 0.3) is 0 Å². The zero-order valence-electron chi connectivity index (χ0n) is 13.0. The highest BCUT2D eigenvalue weighted by Crippen LogP contribution is 2.47. The maximum absolute atomic E-state index is 13.4. The van der Waals surface area contributed by atoms with Gasteiger partial charge in [0, 0.05) is 6.54 Å². The van der Waals surface area contributed by atoms with Gasteiger partial charge >= 0.3 is 12.1 Å². The van der Waals surface area contributed by atoms with Gasteiger partial charge in [-0.05, 0) is 37.5 Å². The molecule has 2 aliphatic rings. The van der Waals surface area contributed by atoms with Crippen molar-refractivity contribution in [3.63, 3.8) is 0 Å². The summed E-state index contributed by atoms with van der Waals surface area (Å²) in [6.07, 6.45) is -3.97. The molecule has 4 nitrogen and oxygen atoms in total. The van der Waals surface area contributed by atoms with Crippen LogP contribution in [-0.4, -0.2) is 30.3 Å². The molecule has 0 aliphatic carbocycles. The van der Waals surface area contributed by atoms with E-state index in [1.54, 1.807) is 6.92 Å². The standard InChI is InChI=1S/C16H17F4NO3/c1-2-23-15(22)13-12-4-3-7-21(24-12)14(13)10-6-5-9(17)8-11(10)16(18,19)20/h5-6,8,12-14H,2-4,7H2,1H3/t12-,13+,14-/m1/s1. The second-order valence-electron chi connectivity index (χ2n) is 5.88. The van der Waals surface area contributed by atoms with Gasteiger partial charge < -0.3 is 4.74 Å². The van der Waals surface area contributed by atoms with Crippen LogP contribution < -0.4 is 0 Å². The summed E-state index contributed by atoms with van der Waals surface area (Å²) >= 11 is 0. The quantitative estimate of drug-likeness (QED) is 0.620. The Morgan fingerprint density at radius 2 is 2.17 bits per heavy atom. The number of fused-ring (bicyclic) bond motifs is 2. The van der Waals surface area contributed by atoms with Crippen LogP contribution in [0.5, 0.6) is 0 Å². The van der Waals surface area contributed by atoms with Crippen molar-refractivity contribution in [2.24, 2.45) is 5.92 Å². The summed E-state index contributed by atoms with van der Waals surface area (Å²) in [7, 11) is 0. The third kappa shape index (κ3) is 3.00. The lowest BCUT2D eigenvalue weighted by Crippen LogP contribution is -2.31. The monoisotopic (exact) mass is 347 g/mol. The Morgan fingerprint density at radius 3 is 2.83 bits per heavy atom. The molecule has 2 fully saturated rings. The summed E-state index contributed by atoms with van der Waals surface area (Å²) in [6, 6.07) is 1.57. The number of nitrogens with zero attached hydrogens (tertiary/aromatic N) is 1. The van der Waals surface area contributed by atoms with Crippen molar-refractivity contribution in [1.82, 2.24) is 5.06 Å². The summed E-state index contributed by atoms with van der Waals surface area (Å²) < 4.78 is 58.5. The minimum Gasteiger partial charge on any atom is -0.466 e. The van der Waals surface area contributed by atoms with E-state index < -0.39 is 41.6 Å². The van der Waals surface area contributed by atoms with Gasteiger partial charge in [-0.25, -0.2) is 4.39 Å². The van der Waals surface area contributed by atoms with Gasteiger partial charge in [0.1, 0.15) is 11.7 Å². The Balaban J connectivity index is 2.07. The maximum Gasteiger partial charge on any atom is 0.416 e. The van der Waals surface area contributed by atoms with Crippen LogP contribution in [0.15, 0.2) is 18.2 Å². The fourth-order valence-electron chi connectivity index (χ4n) is 3.46. The number of carbonyl (C=O) groups excluding carboxylic acids is 1. The van der Waals surface area contributed by atoms with Crippen molar-refractivity contribution in [2.45, 2.75) is 38.1 Å². The van der Waals surface area contributed by atoms with E-state index in [2.05, 4.69) is 0 Å². The molecule has 1 aromatic carbocycles. The van der Waals surface area contributed by atoms with Gasteiger partial charge in [-0.3, -0.25) is 9.63 Å². The molecule has 0 saturated carbocycles. The van der Waals surface area contributed by atoms with E-state index in [9.17, 15) is 22.4 Å². The SMILES string of the molecule is CCOC(=O)[C@@H]1[C@@H](c2ccc(F)cc2C(F)(F)F)N2CCC[C@H]1O2. The van der Waals surface area contributed by atoms with E-state index in [1.165, 1.54) is 5.06 Å². The zero-order valence-corrected chi connectivity index (χ0v) is 13.0. The summed E-state index contributed by atoms with van der Waals surface area (Å²) in [5.41, 5.74) is -1.25. The van der Waals surface area contributed by atoms with E-state index in [0.717, 1.165) is 12.1 Å². The van der Waals surface area contributed by atoms with Crippen LogP contribution in [0.4, 0.5) is 17.6 Å². The topological polar surface area (TPSA) is 38.8 Å². The van der Waals surface area contributed by atoms with E-state index in [-0.39, 0.29) is 12.2 Å². The predicted octanol–water partition coefficient (Wildman–Crippen LogP) is 3.47. The number of hydroxylamine groups is 2. The van der Waals surface area contributed by atoms with Crippen molar-refractivity contribution in [3.05, 3.63) is 35.1 Å². The largest absolute Gasteiger partial charge is 0.466 e.